The lowest BCUT2D eigenvalue weighted by Gasteiger charge is -2.32. The summed E-state index contributed by atoms with van der Waals surface area (Å²) >= 11 is 0. The largest absolute Gasteiger partial charge is 0.523 e. The molecule has 0 fully saturated rings. The van der Waals surface area contributed by atoms with Gasteiger partial charge in [-0.05, 0) is 82.4 Å². The zero-order valence-electron chi connectivity index (χ0n) is 29.0. The van der Waals surface area contributed by atoms with Crippen LogP contribution in [0.4, 0.5) is 35.9 Å². The van der Waals surface area contributed by atoms with E-state index in [-0.39, 0.29) is 11.1 Å². The van der Waals surface area contributed by atoms with Crippen LogP contribution < -0.4 is 19.6 Å². The van der Waals surface area contributed by atoms with Crippen molar-refractivity contribution in [3.05, 3.63) is 138 Å². The summed E-state index contributed by atoms with van der Waals surface area (Å²) in [6.07, 6.45) is 4.69. The molecule has 0 radical (unpaired) electrons. The van der Waals surface area contributed by atoms with Crippen molar-refractivity contribution in [3.63, 3.8) is 0 Å². The maximum atomic E-state index is 14.0. The van der Waals surface area contributed by atoms with E-state index in [2.05, 4.69) is 0 Å². The van der Waals surface area contributed by atoms with E-state index in [4.69, 9.17) is 4.18 Å². The smallest absolute Gasteiger partial charge is 0.378 e. The Balaban J connectivity index is 2.00. The molecule has 7 nitrogen and oxygen atoms in total. The molecule has 0 atom stereocenters. The highest BCUT2D eigenvalue weighted by Crippen LogP contribution is 2.42. The Morgan fingerprint density at radius 1 is 0.551 bits per heavy atom. The van der Waals surface area contributed by atoms with Gasteiger partial charge in [0, 0.05) is 79.1 Å². The first-order valence-electron chi connectivity index (χ1n) is 15.5. The zero-order chi connectivity index (χ0) is 36.1. The van der Waals surface area contributed by atoms with E-state index in [9.17, 15) is 21.6 Å². The highest BCUT2D eigenvalue weighted by molar-refractivity contribution is 7.87. The first-order chi connectivity index (χ1) is 22.9. The van der Waals surface area contributed by atoms with Gasteiger partial charge in [0.15, 0.2) is 5.60 Å². The molecule has 0 aromatic heterocycles. The van der Waals surface area contributed by atoms with E-state index in [1.807, 2.05) is 125 Å². The van der Waals surface area contributed by atoms with Crippen molar-refractivity contribution < 1.29 is 25.8 Å². The van der Waals surface area contributed by atoms with Crippen molar-refractivity contribution in [1.29, 1.82) is 0 Å². The van der Waals surface area contributed by atoms with Crippen LogP contribution in [-0.4, -0.2) is 70.3 Å². The molecular weight excluding hydrogens is 650 g/mol. The summed E-state index contributed by atoms with van der Waals surface area (Å²) < 4.78 is 73.2. The first-order valence-corrected chi connectivity index (χ1v) is 16.9. The van der Waals surface area contributed by atoms with Gasteiger partial charge in [-0.25, -0.2) is 4.18 Å². The van der Waals surface area contributed by atoms with Gasteiger partial charge in [-0.1, -0.05) is 60.7 Å². The lowest BCUT2D eigenvalue weighted by atomic mass is 9.85. The van der Waals surface area contributed by atoms with Crippen LogP contribution in [0, 0.1) is 0 Å². The molecule has 0 saturated carbocycles. The molecule has 0 N–H and O–H groups in total. The normalized spacial score (nSPS) is 12.1. The molecule has 0 heterocycles. The van der Waals surface area contributed by atoms with Crippen LogP contribution in [0.2, 0.25) is 0 Å². The minimum absolute atomic E-state index is 0.195. The Morgan fingerprint density at radius 3 is 1.14 bits per heavy atom. The maximum Gasteiger partial charge on any atom is 0.523 e. The molecule has 11 heteroatoms. The summed E-state index contributed by atoms with van der Waals surface area (Å²) in [5.41, 5.74) is -1.45. The number of nitrogens with zero attached hydrogens (tertiary/aromatic N) is 4. The molecule has 0 unspecified atom stereocenters. The van der Waals surface area contributed by atoms with Gasteiger partial charge in [0.25, 0.3) is 0 Å². The summed E-state index contributed by atoms with van der Waals surface area (Å²) in [4.78, 5) is 7.63. The molecule has 260 valence electrons. The molecular formula is C38H43F3N4O3S. The third-order valence-corrected chi connectivity index (χ3v) is 9.18. The molecule has 0 amide bonds. The predicted molar refractivity (Wildman–Crippen MR) is 196 cm³/mol. The van der Waals surface area contributed by atoms with Crippen molar-refractivity contribution >= 4 is 38.4 Å². The second kappa shape index (κ2) is 14.8. The summed E-state index contributed by atoms with van der Waals surface area (Å²) in [7, 11) is 9.00. The number of hydrogen-bond acceptors (Lipinski definition) is 7. The van der Waals surface area contributed by atoms with Crippen LogP contribution in [0.3, 0.4) is 0 Å². The second-order valence-electron chi connectivity index (χ2n) is 12.4. The Kier molecular flexibility index (Phi) is 11.2. The molecule has 4 aromatic carbocycles. The number of anilines is 4. The minimum atomic E-state index is -6.09. The van der Waals surface area contributed by atoms with Crippen molar-refractivity contribution in [2.45, 2.75) is 11.1 Å². The number of rotatable bonds is 12. The van der Waals surface area contributed by atoms with Crippen molar-refractivity contribution in [3.8, 4) is 0 Å². The van der Waals surface area contributed by atoms with E-state index in [0.717, 1.165) is 39.4 Å². The fourth-order valence-corrected chi connectivity index (χ4v) is 5.92. The van der Waals surface area contributed by atoms with Gasteiger partial charge in [-0.15, -0.1) is 0 Å². The maximum absolute atomic E-state index is 14.0. The van der Waals surface area contributed by atoms with Gasteiger partial charge >= 0.3 is 15.6 Å². The van der Waals surface area contributed by atoms with Crippen molar-refractivity contribution in [2.75, 3.05) is 76.0 Å². The van der Waals surface area contributed by atoms with Crippen LogP contribution in [-0.2, 0) is 19.9 Å². The number of alkyl halides is 3. The Hall–Kier alpha value is -4.74. The van der Waals surface area contributed by atoms with Crippen molar-refractivity contribution in [2.24, 2.45) is 0 Å². The van der Waals surface area contributed by atoms with E-state index in [1.165, 1.54) is 6.08 Å². The van der Waals surface area contributed by atoms with Crippen LogP contribution in [0.5, 0.6) is 0 Å². The van der Waals surface area contributed by atoms with Crippen LogP contribution in [0.15, 0.2) is 115 Å². The number of halogens is 3. The van der Waals surface area contributed by atoms with Gasteiger partial charge in [0.1, 0.15) is 0 Å². The topological polar surface area (TPSA) is 56.3 Å². The second-order valence-corrected chi connectivity index (χ2v) is 14.0. The molecule has 0 bridgehead atoms. The fourth-order valence-electron chi connectivity index (χ4n) is 5.23. The number of allylic oxidation sites excluding steroid dienone is 2. The highest BCUT2D eigenvalue weighted by Gasteiger charge is 2.52. The fraction of sp³-hybridized carbons (Fsp3) is 0.263. The van der Waals surface area contributed by atoms with E-state index < -0.39 is 21.2 Å². The summed E-state index contributed by atoms with van der Waals surface area (Å²) in [5, 5.41) is 0. The standard InChI is InChI=1S/C38H43F3N4O3S/c1-42(2)32-19-11-28(12-20-32)36(29-13-21-33(22-14-29)43(3)4)10-9-27-37(48-49(46,47)38(39,40)41,30-15-23-34(24-16-30)44(5)6)31-17-25-35(26-18-31)45(7)8/h9-27H,1-8H3. The van der Waals surface area contributed by atoms with Crippen molar-refractivity contribution in [1.82, 2.24) is 0 Å². The Labute approximate surface area is 288 Å². The Morgan fingerprint density at radius 2 is 0.857 bits per heavy atom. The van der Waals surface area contributed by atoms with Gasteiger partial charge in [0.05, 0.1) is 0 Å². The first kappa shape index (κ1) is 37.1. The Bertz CT molecular complexity index is 1760. The summed E-state index contributed by atoms with van der Waals surface area (Å²) in [6.45, 7) is 0. The van der Waals surface area contributed by atoms with E-state index in [1.54, 1.807) is 60.7 Å². The van der Waals surface area contributed by atoms with Crippen LogP contribution >= 0.6 is 0 Å². The molecule has 4 rings (SSSR count). The van der Waals surface area contributed by atoms with Crippen LogP contribution in [0.25, 0.3) is 5.57 Å². The monoisotopic (exact) mass is 692 g/mol. The van der Waals surface area contributed by atoms with Gasteiger partial charge in [0.2, 0.25) is 0 Å². The highest BCUT2D eigenvalue weighted by atomic mass is 32.2. The third-order valence-electron chi connectivity index (χ3n) is 8.13. The molecule has 0 spiro atoms. The molecule has 0 aliphatic rings. The van der Waals surface area contributed by atoms with Gasteiger partial charge in [-0.3, -0.25) is 0 Å². The predicted octanol–water partition coefficient (Wildman–Crippen LogP) is 7.75. The molecule has 0 aliphatic heterocycles. The van der Waals surface area contributed by atoms with E-state index in [0.29, 0.717) is 0 Å². The quantitative estimate of drug-likeness (QED) is 0.0856. The van der Waals surface area contributed by atoms with E-state index >= 15 is 0 Å². The number of hydrogen-bond donors (Lipinski definition) is 0. The van der Waals surface area contributed by atoms with Gasteiger partial charge < -0.3 is 19.6 Å². The average molecular weight is 693 g/mol. The summed E-state index contributed by atoms with van der Waals surface area (Å²) in [6, 6.07) is 28.9. The third kappa shape index (κ3) is 8.47. The average Bonchev–Trinajstić information content (AvgIpc) is 3.06. The molecule has 0 aliphatic carbocycles. The lowest BCUT2D eigenvalue weighted by molar-refractivity contribution is -0.0596. The number of benzene rings is 4. The summed E-state index contributed by atoms with van der Waals surface area (Å²) in [5.74, 6) is 0. The zero-order valence-corrected chi connectivity index (χ0v) is 29.8. The molecule has 0 saturated heterocycles. The SMILES string of the molecule is CN(C)c1ccc(C(=CC=CC(OS(=O)(=O)C(F)(F)F)(c2ccc(N(C)C)cc2)c2ccc(N(C)C)cc2)c2ccc(N(C)C)cc2)cc1. The van der Waals surface area contributed by atoms with Crippen LogP contribution in [0.1, 0.15) is 22.3 Å². The van der Waals surface area contributed by atoms with Gasteiger partial charge in [-0.2, -0.15) is 21.6 Å². The molecule has 49 heavy (non-hydrogen) atoms. The minimum Gasteiger partial charge on any atom is -0.378 e. The lowest BCUT2D eigenvalue weighted by Crippen LogP contribution is -2.37. The molecule has 4 aromatic rings.